The average molecular weight is 234 g/mol. The molecule has 3 saturated heterocycles. The summed E-state index contributed by atoms with van der Waals surface area (Å²) in [7, 11) is 0. The summed E-state index contributed by atoms with van der Waals surface area (Å²) in [5, 5.41) is 3.66. The molecule has 3 nitrogen and oxygen atoms in total. The predicted molar refractivity (Wildman–Crippen MR) is 67.6 cm³/mol. The van der Waals surface area contributed by atoms with Gasteiger partial charge in [-0.2, -0.15) is 0 Å². The minimum Gasteiger partial charge on any atom is -0.339 e. The lowest BCUT2D eigenvalue weighted by atomic mass is 9.73. The molecule has 3 aliphatic rings. The predicted octanol–water partition coefficient (Wildman–Crippen LogP) is 1.55. The molecule has 1 amide bonds. The molecule has 2 bridgehead atoms. The van der Waals surface area contributed by atoms with E-state index in [0.717, 1.165) is 32.4 Å². The molecule has 0 aromatic rings. The van der Waals surface area contributed by atoms with Gasteiger partial charge in [0.25, 0.3) is 0 Å². The first-order valence-electron chi connectivity index (χ1n) is 6.93. The highest BCUT2D eigenvalue weighted by molar-refractivity contribution is 5.77. The van der Waals surface area contributed by atoms with Gasteiger partial charge in [-0.15, -0.1) is 6.58 Å². The second-order valence-corrected chi connectivity index (χ2v) is 5.80. The summed E-state index contributed by atoms with van der Waals surface area (Å²) in [6.07, 6.45) is 7.43. The zero-order valence-electron chi connectivity index (χ0n) is 10.4. The Labute approximate surface area is 103 Å². The third kappa shape index (κ3) is 1.90. The van der Waals surface area contributed by atoms with E-state index in [-0.39, 0.29) is 0 Å². The molecule has 4 atom stereocenters. The van der Waals surface area contributed by atoms with Crippen LogP contribution in [-0.4, -0.2) is 36.0 Å². The molecule has 3 rings (SSSR count). The molecule has 3 heterocycles. The van der Waals surface area contributed by atoms with E-state index in [1.165, 1.54) is 12.8 Å². The number of rotatable bonds is 2. The molecular formula is C14H22N2O. The van der Waals surface area contributed by atoms with Crippen LogP contribution in [0.2, 0.25) is 0 Å². The number of amides is 1. The van der Waals surface area contributed by atoms with Gasteiger partial charge in [-0.1, -0.05) is 6.08 Å². The maximum absolute atomic E-state index is 12.0. The molecule has 0 saturated carbocycles. The lowest BCUT2D eigenvalue weighted by Crippen LogP contribution is -2.62. The Morgan fingerprint density at radius 3 is 3.18 bits per heavy atom. The van der Waals surface area contributed by atoms with Crippen LogP contribution >= 0.6 is 0 Å². The highest BCUT2D eigenvalue weighted by Gasteiger charge is 2.44. The van der Waals surface area contributed by atoms with Crippen molar-refractivity contribution in [3.8, 4) is 0 Å². The van der Waals surface area contributed by atoms with Crippen LogP contribution in [0.5, 0.6) is 0 Å². The Kier molecular flexibility index (Phi) is 2.95. The molecule has 94 valence electrons. The van der Waals surface area contributed by atoms with Crippen LogP contribution in [-0.2, 0) is 4.79 Å². The van der Waals surface area contributed by atoms with E-state index in [4.69, 9.17) is 0 Å². The topological polar surface area (TPSA) is 32.3 Å². The quantitative estimate of drug-likeness (QED) is 0.735. The van der Waals surface area contributed by atoms with Crippen molar-refractivity contribution in [2.45, 2.75) is 44.2 Å². The van der Waals surface area contributed by atoms with Crippen molar-refractivity contribution in [3.05, 3.63) is 12.7 Å². The van der Waals surface area contributed by atoms with Gasteiger partial charge in [-0.05, 0) is 37.5 Å². The zero-order chi connectivity index (χ0) is 11.8. The molecule has 0 unspecified atom stereocenters. The van der Waals surface area contributed by atoms with E-state index in [1.54, 1.807) is 0 Å². The number of fused-ring (bicyclic) bond motifs is 4. The third-order valence-corrected chi connectivity index (χ3v) is 4.82. The van der Waals surface area contributed by atoms with Crippen LogP contribution in [0.15, 0.2) is 12.7 Å². The van der Waals surface area contributed by atoms with Gasteiger partial charge in [-0.25, -0.2) is 0 Å². The lowest BCUT2D eigenvalue weighted by Gasteiger charge is -2.52. The van der Waals surface area contributed by atoms with Gasteiger partial charge in [0.05, 0.1) is 0 Å². The molecular weight excluding hydrogens is 212 g/mol. The Morgan fingerprint density at radius 2 is 2.35 bits per heavy atom. The number of nitrogens with one attached hydrogen (secondary N) is 1. The Morgan fingerprint density at radius 1 is 1.47 bits per heavy atom. The second-order valence-electron chi connectivity index (χ2n) is 5.80. The van der Waals surface area contributed by atoms with Crippen molar-refractivity contribution >= 4 is 5.91 Å². The third-order valence-electron chi connectivity index (χ3n) is 4.82. The molecule has 3 aliphatic heterocycles. The van der Waals surface area contributed by atoms with E-state index < -0.39 is 0 Å². The fourth-order valence-corrected chi connectivity index (χ4v) is 3.98. The van der Waals surface area contributed by atoms with Crippen LogP contribution in [0.1, 0.15) is 32.1 Å². The fraction of sp³-hybridized carbons (Fsp3) is 0.786. The summed E-state index contributed by atoms with van der Waals surface area (Å²) in [5.41, 5.74) is 0. The summed E-state index contributed by atoms with van der Waals surface area (Å²) >= 11 is 0. The maximum Gasteiger partial charge on any atom is 0.222 e. The van der Waals surface area contributed by atoms with Crippen molar-refractivity contribution in [2.24, 2.45) is 11.8 Å². The molecule has 0 spiro atoms. The van der Waals surface area contributed by atoms with Gasteiger partial charge in [0.15, 0.2) is 0 Å². The molecule has 0 aromatic heterocycles. The Hall–Kier alpha value is -0.830. The first kappa shape index (κ1) is 11.3. The molecule has 1 N–H and O–H groups in total. The standard InChI is InChI=1S/C14H22N2O/c1-2-4-12-11-7-10(8-15-12)13-5-3-6-14(17)16(13)9-11/h2,10-13,15H,1,3-9H2/t10-,11-,12+,13-/m1/s1. The summed E-state index contributed by atoms with van der Waals surface area (Å²) < 4.78 is 0. The molecule has 17 heavy (non-hydrogen) atoms. The summed E-state index contributed by atoms with van der Waals surface area (Å²) in [4.78, 5) is 14.2. The van der Waals surface area contributed by atoms with Crippen LogP contribution < -0.4 is 5.32 Å². The SMILES string of the molecule is C=CC[C@@H]1NC[C@H]2C[C@@H]1CN1C(=O)CCC[C@H]21. The summed E-state index contributed by atoms with van der Waals surface area (Å²) in [6, 6.07) is 1.07. The number of nitrogens with zero attached hydrogens (tertiary/aromatic N) is 1. The van der Waals surface area contributed by atoms with E-state index in [2.05, 4.69) is 16.8 Å². The minimum absolute atomic E-state index is 0.398. The average Bonchev–Trinajstić information content (AvgIpc) is 2.34. The van der Waals surface area contributed by atoms with E-state index in [0.29, 0.717) is 29.8 Å². The van der Waals surface area contributed by atoms with Crippen LogP contribution in [0, 0.1) is 11.8 Å². The number of piperidine rings is 3. The molecule has 0 radical (unpaired) electrons. The first-order valence-corrected chi connectivity index (χ1v) is 6.93. The highest BCUT2D eigenvalue weighted by atomic mass is 16.2. The highest BCUT2D eigenvalue weighted by Crippen LogP contribution is 2.38. The van der Waals surface area contributed by atoms with Crippen molar-refractivity contribution in [2.75, 3.05) is 13.1 Å². The van der Waals surface area contributed by atoms with Crippen molar-refractivity contribution in [3.63, 3.8) is 0 Å². The minimum atomic E-state index is 0.398. The van der Waals surface area contributed by atoms with E-state index in [1.807, 2.05) is 6.08 Å². The van der Waals surface area contributed by atoms with E-state index in [9.17, 15) is 4.79 Å². The monoisotopic (exact) mass is 234 g/mol. The Bertz CT molecular complexity index is 328. The molecule has 3 heteroatoms. The normalized spacial score (nSPS) is 40.9. The zero-order valence-corrected chi connectivity index (χ0v) is 10.4. The fourth-order valence-electron chi connectivity index (χ4n) is 3.98. The number of hydrogen-bond donors (Lipinski definition) is 1. The maximum atomic E-state index is 12.0. The molecule has 0 aromatic carbocycles. The van der Waals surface area contributed by atoms with Gasteiger partial charge < -0.3 is 10.2 Å². The lowest BCUT2D eigenvalue weighted by molar-refractivity contribution is -0.143. The van der Waals surface area contributed by atoms with Crippen molar-refractivity contribution < 1.29 is 4.79 Å². The Balaban J connectivity index is 1.77. The number of carbonyl (C=O) groups is 1. The van der Waals surface area contributed by atoms with Crippen LogP contribution in [0.25, 0.3) is 0 Å². The molecule has 0 aliphatic carbocycles. The number of carbonyl (C=O) groups excluding carboxylic acids is 1. The van der Waals surface area contributed by atoms with Gasteiger partial charge in [0.1, 0.15) is 0 Å². The van der Waals surface area contributed by atoms with Gasteiger partial charge >= 0.3 is 0 Å². The van der Waals surface area contributed by atoms with Gasteiger partial charge in [0, 0.05) is 31.6 Å². The summed E-state index contributed by atoms with van der Waals surface area (Å²) in [5.74, 6) is 1.74. The second kappa shape index (κ2) is 4.45. The van der Waals surface area contributed by atoms with Crippen molar-refractivity contribution in [1.82, 2.24) is 10.2 Å². The first-order chi connectivity index (χ1) is 8.29. The van der Waals surface area contributed by atoms with E-state index >= 15 is 0 Å². The number of hydrogen-bond acceptors (Lipinski definition) is 2. The largest absolute Gasteiger partial charge is 0.339 e. The molecule has 3 fully saturated rings. The van der Waals surface area contributed by atoms with Crippen molar-refractivity contribution in [1.29, 1.82) is 0 Å². The van der Waals surface area contributed by atoms with Gasteiger partial charge in [-0.3, -0.25) is 4.79 Å². The smallest absolute Gasteiger partial charge is 0.222 e. The van der Waals surface area contributed by atoms with Crippen LogP contribution in [0.3, 0.4) is 0 Å². The van der Waals surface area contributed by atoms with Gasteiger partial charge in [0.2, 0.25) is 5.91 Å². The summed E-state index contributed by atoms with van der Waals surface area (Å²) in [6.45, 7) is 5.90. The van der Waals surface area contributed by atoms with Crippen LogP contribution in [0.4, 0.5) is 0 Å².